The number of anilines is 3. The van der Waals surface area contributed by atoms with Crippen LogP contribution in [0.15, 0.2) is 47.5 Å². The van der Waals surface area contributed by atoms with E-state index in [2.05, 4.69) is 10.3 Å². The Bertz CT molecular complexity index is 1760. The van der Waals surface area contributed by atoms with E-state index in [-0.39, 0.29) is 11.5 Å². The van der Waals surface area contributed by atoms with Gasteiger partial charge < -0.3 is 24.4 Å². The van der Waals surface area contributed by atoms with Crippen LogP contribution in [0.25, 0.3) is 11.1 Å². The highest BCUT2D eigenvalue weighted by molar-refractivity contribution is 7.14. The summed E-state index contributed by atoms with van der Waals surface area (Å²) in [7, 11) is 5.64. The van der Waals surface area contributed by atoms with Gasteiger partial charge in [0.2, 0.25) is 0 Å². The highest BCUT2D eigenvalue weighted by Crippen LogP contribution is 2.41. The predicted molar refractivity (Wildman–Crippen MR) is 174 cm³/mol. The van der Waals surface area contributed by atoms with Gasteiger partial charge in [-0.2, -0.15) is 0 Å². The number of fused-ring (bicyclic) bond motifs is 3. The molecule has 6 rings (SSSR count). The summed E-state index contributed by atoms with van der Waals surface area (Å²) in [4.78, 5) is 37.4. The molecule has 44 heavy (non-hydrogen) atoms. The Morgan fingerprint density at radius 2 is 1.91 bits per heavy atom. The van der Waals surface area contributed by atoms with Crippen LogP contribution in [0.1, 0.15) is 51.0 Å². The summed E-state index contributed by atoms with van der Waals surface area (Å²) >= 11 is 1.63. The SMILES string of the molecule is CCc1c(-c2cc(Nc3ccc(OCCN(C)C)cn3)c(=O)n(C)c2)cc(F)cc1N1CCc2c(sc3c2CCCC3)C1=O. The van der Waals surface area contributed by atoms with Gasteiger partial charge in [0.05, 0.1) is 16.8 Å². The lowest BCUT2D eigenvalue weighted by atomic mass is 9.91. The molecule has 2 aliphatic rings. The van der Waals surface area contributed by atoms with Gasteiger partial charge in [-0.3, -0.25) is 9.59 Å². The second-order valence-electron chi connectivity index (χ2n) is 11.7. The molecule has 0 spiro atoms. The fraction of sp³-hybridized carbons (Fsp3) is 0.382. The van der Waals surface area contributed by atoms with Crippen LogP contribution in [-0.4, -0.2) is 54.1 Å². The number of likely N-dealkylation sites (N-methyl/N-ethyl adjacent to an activating group) is 1. The minimum absolute atomic E-state index is 0.0417. The van der Waals surface area contributed by atoms with Crippen molar-refractivity contribution in [2.45, 2.75) is 45.4 Å². The molecule has 0 radical (unpaired) electrons. The van der Waals surface area contributed by atoms with Crippen molar-refractivity contribution in [3.63, 3.8) is 0 Å². The molecule has 0 bridgehead atoms. The molecule has 0 atom stereocenters. The number of nitrogens with one attached hydrogen (secondary N) is 1. The molecule has 3 aromatic heterocycles. The molecule has 1 aromatic carbocycles. The van der Waals surface area contributed by atoms with E-state index in [0.29, 0.717) is 53.6 Å². The molecule has 0 saturated carbocycles. The number of amides is 1. The normalized spacial score (nSPS) is 14.5. The zero-order chi connectivity index (χ0) is 31.0. The van der Waals surface area contributed by atoms with Crippen molar-refractivity contribution in [3.8, 4) is 16.9 Å². The van der Waals surface area contributed by atoms with Gasteiger partial charge in [-0.15, -0.1) is 11.3 Å². The van der Waals surface area contributed by atoms with E-state index in [1.54, 1.807) is 53.9 Å². The molecule has 8 nitrogen and oxygen atoms in total. The second kappa shape index (κ2) is 12.5. The van der Waals surface area contributed by atoms with Gasteiger partial charge in [0.25, 0.3) is 11.5 Å². The number of pyridine rings is 2. The first kappa shape index (κ1) is 30.0. The van der Waals surface area contributed by atoms with Gasteiger partial charge >= 0.3 is 0 Å². The number of carbonyl (C=O) groups is 1. The average molecular weight is 616 g/mol. The summed E-state index contributed by atoms with van der Waals surface area (Å²) in [5, 5.41) is 3.13. The highest BCUT2D eigenvalue weighted by atomic mass is 32.1. The number of nitrogens with zero attached hydrogens (tertiary/aromatic N) is 4. The van der Waals surface area contributed by atoms with Crippen molar-refractivity contribution in [1.82, 2.24) is 14.5 Å². The van der Waals surface area contributed by atoms with Crippen LogP contribution in [0.5, 0.6) is 5.75 Å². The maximum absolute atomic E-state index is 15.3. The van der Waals surface area contributed by atoms with Crippen LogP contribution in [0.4, 0.5) is 21.6 Å². The molecule has 10 heteroatoms. The van der Waals surface area contributed by atoms with E-state index < -0.39 is 5.82 Å². The van der Waals surface area contributed by atoms with Crippen molar-refractivity contribution >= 4 is 34.4 Å². The number of ether oxygens (including phenoxy) is 1. The van der Waals surface area contributed by atoms with Gasteiger partial charge in [-0.05, 0) is 105 Å². The number of hydrogen-bond donors (Lipinski definition) is 1. The van der Waals surface area contributed by atoms with E-state index in [1.807, 2.05) is 25.9 Å². The number of hydrogen-bond acceptors (Lipinski definition) is 7. The topological polar surface area (TPSA) is 79.7 Å². The number of thiophene rings is 1. The Morgan fingerprint density at radius 3 is 2.66 bits per heavy atom. The molecule has 1 aliphatic heterocycles. The summed E-state index contributed by atoms with van der Waals surface area (Å²) in [6.45, 7) is 3.86. The van der Waals surface area contributed by atoms with E-state index in [1.165, 1.54) is 45.5 Å². The van der Waals surface area contributed by atoms with Crippen LogP contribution < -0.4 is 20.5 Å². The number of rotatable bonds is 9. The Balaban J connectivity index is 1.31. The van der Waals surface area contributed by atoms with Crippen LogP contribution in [-0.2, 0) is 32.7 Å². The first-order valence-corrected chi connectivity index (χ1v) is 16.0. The van der Waals surface area contributed by atoms with Gasteiger partial charge in [0, 0.05) is 36.8 Å². The summed E-state index contributed by atoms with van der Waals surface area (Å²) in [5.74, 6) is 0.662. The lowest BCUT2D eigenvalue weighted by Gasteiger charge is -2.30. The van der Waals surface area contributed by atoms with Crippen molar-refractivity contribution in [3.05, 3.63) is 85.3 Å². The van der Waals surface area contributed by atoms with E-state index in [4.69, 9.17) is 4.74 Å². The molecule has 0 fully saturated rings. The van der Waals surface area contributed by atoms with Crippen LogP contribution in [0, 0.1) is 5.82 Å². The monoisotopic (exact) mass is 615 g/mol. The first-order valence-electron chi connectivity index (χ1n) is 15.2. The zero-order valence-corrected chi connectivity index (χ0v) is 26.5. The van der Waals surface area contributed by atoms with E-state index in [0.717, 1.165) is 36.2 Å². The molecule has 0 saturated heterocycles. The number of halogens is 1. The van der Waals surface area contributed by atoms with Gasteiger partial charge in [0.1, 0.15) is 29.7 Å². The first-order chi connectivity index (χ1) is 21.2. The fourth-order valence-electron chi connectivity index (χ4n) is 6.21. The lowest BCUT2D eigenvalue weighted by molar-refractivity contribution is 0.0984. The number of aryl methyl sites for hydroxylation is 2. The maximum atomic E-state index is 15.3. The molecule has 0 unspecified atom stereocenters. The van der Waals surface area contributed by atoms with Crippen LogP contribution in [0.2, 0.25) is 0 Å². The quantitative estimate of drug-likeness (QED) is 0.250. The molecular weight excluding hydrogens is 577 g/mol. The summed E-state index contributed by atoms with van der Waals surface area (Å²) in [6, 6.07) is 8.26. The lowest BCUT2D eigenvalue weighted by Crippen LogP contribution is -2.37. The molecular formula is C34H38FN5O3S. The number of benzene rings is 1. The summed E-state index contributed by atoms with van der Waals surface area (Å²) in [5.41, 5.74) is 5.45. The highest BCUT2D eigenvalue weighted by Gasteiger charge is 2.33. The Morgan fingerprint density at radius 1 is 1.09 bits per heavy atom. The molecule has 1 amide bonds. The van der Waals surface area contributed by atoms with Crippen molar-refractivity contribution in [2.75, 3.05) is 44.0 Å². The predicted octanol–water partition coefficient (Wildman–Crippen LogP) is 5.98. The summed E-state index contributed by atoms with van der Waals surface area (Å²) in [6.07, 6.45) is 9.12. The largest absolute Gasteiger partial charge is 0.491 e. The van der Waals surface area contributed by atoms with Crippen LogP contribution >= 0.6 is 11.3 Å². The van der Waals surface area contributed by atoms with Crippen molar-refractivity contribution in [2.24, 2.45) is 7.05 Å². The summed E-state index contributed by atoms with van der Waals surface area (Å²) < 4.78 is 22.6. The van der Waals surface area contributed by atoms with Crippen LogP contribution in [0.3, 0.4) is 0 Å². The third-order valence-electron chi connectivity index (χ3n) is 8.44. The molecule has 4 heterocycles. The van der Waals surface area contributed by atoms with Gasteiger partial charge in [-0.1, -0.05) is 6.92 Å². The second-order valence-corrected chi connectivity index (χ2v) is 12.8. The molecule has 1 aliphatic carbocycles. The molecule has 4 aromatic rings. The molecule has 230 valence electrons. The third-order valence-corrected chi connectivity index (χ3v) is 9.76. The standard InChI is InChI=1S/C34H38FN5O3S/c1-5-24-27(17-22(35)18-29(24)40-13-12-26-25-8-6-7-9-30(25)44-32(26)34(40)42)21-16-28(33(41)39(4)20-21)37-31-11-10-23(19-36-31)43-15-14-38(2)3/h10-11,16-20H,5-9,12-15H2,1-4H3,(H,36,37). The Kier molecular flexibility index (Phi) is 8.55. The van der Waals surface area contributed by atoms with E-state index in [9.17, 15) is 9.59 Å². The Hall–Kier alpha value is -4.02. The zero-order valence-electron chi connectivity index (χ0n) is 25.7. The molecule has 1 N–H and O–H groups in total. The Labute approximate surface area is 261 Å². The average Bonchev–Trinajstić information content (AvgIpc) is 3.39. The van der Waals surface area contributed by atoms with E-state index >= 15 is 4.39 Å². The smallest absolute Gasteiger partial charge is 0.274 e. The number of aromatic nitrogens is 2. The maximum Gasteiger partial charge on any atom is 0.274 e. The fourth-order valence-corrected chi connectivity index (χ4v) is 7.60. The van der Waals surface area contributed by atoms with Gasteiger partial charge in [-0.25, -0.2) is 9.37 Å². The minimum Gasteiger partial charge on any atom is -0.491 e. The van der Waals surface area contributed by atoms with Gasteiger partial charge in [0.15, 0.2) is 0 Å². The number of carbonyl (C=O) groups excluding carboxylic acids is 1. The van der Waals surface area contributed by atoms with Crippen molar-refractivity contribution in [1.29, 1.82) is 0 Å². The third kappa shape index (κ3) is 5.88. The minimum atomic E-state index is -0.425. The van der Waals surface area contributed by atoms with Crippen molar-refractivity contribution < 1.29 is 13.9 Å².